The summed E-state index contributed by atoms with van der Waals surface area (Å²) in [7, 11) is 0. The molecule has 4 nitrogen and oxygen atoms in total. The Morgan fingerprint density at radius 3 is 2.57 bits per heavy atom. The summed E-state index contributed by atoms with van der Waals surface area (Å²) in [6.07, 6.45) is 3.53. The molecule has 0 radical (unpaired) electrons. The van der Waals surface area contributed by atoms with E-state index in [9.17, 15) is 9.18 Å². The minimum atomic E-state index is -0.416. The second kappa shape index (κ2) is 9.63. The predicted molar refractivity (Wildman–Crippen MR) is 116 cm³/mol. The average molecular weight is 404 g/mol. The van der Waals surface area contributed by atoms with Gasteiger partial charge >= 0.3 is 0 Å². The number of aromatic nitrogens is 1. The van der Waals surface area contributed by atoms with E-state index in [1.165, 1.54) is 12.1 Å². The van der Waals surface area contributed by atoms with Crippen molar-refractivity contribution in [3.63, 3.8) is 0 Å². The van der Waals surface area contributed by atoms with Crippen LogP contribution < -0.4 is 5.32 Å². The van der Waals surface area contributed by atoms with Gasteiger partial charge in [-0.2, -0.15) is 0 Å². The SMILES string of the molecule is O=C(NC1CCN(CCc2ccc(F)cc2)C1)C(c1ccccc1)c1ccccn1. The van der Waals surface area contributed by atoms with Gasteiger partial charge in [0.05, 0.1) is 5.69 Å². The van der Waals surface area contributed by atoms with Gasteiger partial charge in [-0.3, -0.25) is 9.78 Å². The molecule has 154 valence electrons. The number of hydrogen-bond donors (Lipinski definition) is 1. The first-order chi connectivity index (χ1) is 14.7. The lowest BCUT2D eigenvalue weighted by atomic mass is 9.94. The number of rotatable bonds is 7. The van der Waals surface area contributed by atoms with Crippen molar-refractivity contribution >= 4 is 5.91 Å². The molecule has 5 heteroatoms. The molecule has 1 aliphatic rings. The quantitative estimate of drug-likeness (QED) is 0.653. The number of benzene rings is 2. The lowest BCUT2D eigenvalue weighted by molar-refractivity contribution is -0.122. The van der Waals surface area contributed by atoms with Crippen molar-refractivity contribution in [1.29, 1.82) is 0 Å². The van der Waals surface area contributed by atoms with Gasteiger partial charge in [-0.05, 0) is 48.2 Å². The topological polar surface area (TPSA) is 45.2 Å². The second-order valence-electron chi connectivity index (χ2n) is 7.77. The molecule has 1 amide bonds. The van der Waals surface area contributed by atoms with Crippen LogP contribution in [0.3, 0.4) is 0 Å². The maximum absolute atomic E-state index is 13.2. The van der Waals surface area contributed by atoms with E-state index >= 15 is 0 Å². The summed E-state index contributed by atoms with van der Waals surface area (Å²) in [6.45, 7) is 2.68. The predicted octanol–water partition coefficient (Wildman–Crippen LogP) is 3.79. The normalized spacial score (nSPS) is 17.6. The van der Waals surface area contributed by atoms with E-state index in [4.69, 9.17) is 0 Å². The highest BCUT2D eigenvalue weighted by molar-refractivity contribution is 5.86. The van der Waals surface area contributed by atoms with Gasteiger partial charge in [0.1, 0.15) is 11.7 Å². The number of nitrogens with zero attached hydrogens (tertiary/aromatic N) is 2. The number of nitrogens with one attached hydrogen (secondary N) is 1. The third-order valence-electron chi connectivity index (χ3n) is 5.63. The van der Waals surface area contributed by atoms with Gasteiger partial charge in [0, 0.05) is 31.9 Å². The van der Waals surface area contributed by atoms with E-state index in [0.29, 0.717) is 0 Å². The zero-order valence-corrected chi connectivity index (χ0v) is 16.9. The van der Waals surface area contributed by atoms with Crippen molar-refractivity contribution < 1.29 is 9.18 Å². The molecule has 3 aromatic rings. The van der Waals surface area contributed by atoms with E-state index in [0.717, 1.165) is 49.3 Å². The summed E-state index contributed by atoms with van der Waals surface area (Å²) in [5.74, 6) is -0.630. The summed E-state index contributed by atoms with van der Waals surface area (Å²) in [6, 6.07) is 22.3. The molecule has 0 bridgehead atoms. The molecule has 1 aliphatic heterocycles. The molecule has 1 fully saturated rings. The zero-order valence-electron chi connectivity index (χ0n) is 16.9. The van der Waals surface area contributed by atoms with Crippen LogP contribution in [0.1, 0.15) is 29.2 Å². The summed E-state index contributed by atoms with van der Waals surface area (Å²) >= 11 is 0. The molecule has 1 aromatic heterocycles. The Labute approximate surface area is 176 Å². The fourth-order valence-corrected chi connectivity index (χ4v) is 4.03. The van der Waals surface area contributed by atoms with Gasteiger partial charge in [0.2, 0.25) is 5.91 Å². The van der Waals surface area contributed by atoms with Gasteiger partial charge in [-0.15, -0.1) is 0 Å². The molecule has 2 aromatic carbocycles. The summed E-state index contributed by atoms with van der Waals surface area (Å²) in [5.41, 5.74) is 2.83. The van der Waals surface area contributed by atoms with Crippen molar-refractivity contribution in [2.75, 3.05) is 19.6 Å². The standard InChI is InChI=1S/C25H26FN3O/c26-21-11-9-19(10-12-21)13-16-29-17-14-22(18-29)28-25(30)24(20-6-2-1-3-7-20)23-8-4-5-15-27-23/h1-12,15,22,24H,13-14,16-18H2,(H,28,30). The second-order valence-corrected chi connectivity index (χ2v) is 7.77. The van der Waals surface area contributed by atoms with E-state index in [1.54, 1.807) is 6.20 Å². The van der Waals surface area contributed by atoms with Crippen molar-refractivity contribution in [2.45, 2.75) is 24.8 Å². The van der Waals surface area contributed by atoms with Crippen LogP contribution in [0, 0.1) is 5.82 Å². The Balaban J connectivity index is 1.37. The highest BCUT2D eigenvalue weighted by atomic mass is 19.1. The maximum atomic E-state index is 13.2. The van der Waals surface area contributed by atoms with E-state index in [1.807, 2.05) is 60.7 Å². The molecule has 0 spiro atoms. The molecule has 1 N–H and O–H groups in total. The number of amides is 1. The van der Waals surface area contributed by atoms with E-state index < -0.39 is 5.92 Å². The molecule has 2 atom stereocenters. The van der Waals surface area contributed by atoms with Crippen LogP contribution in [0.15, 0.2) is 79.0 Å². The number of carbonyl (C=O) groups excluding carboxylic acids is 1. The van der Waals surface area contributed by atoms with Crippen LogP contribution in [0.2, 0.25) is 0 Å². The Morgan fingerprint density at radius 2 is 1.83 bits per heavy atom. The van der Waals surface area contributed by atoms with Crippen molar-refractivity contribution in [3.8, 4) is 0 Å². The van der Waals surface area contributed by atoms with Crippen molar-refractivity contribution in [3.05, 3.63) is 102 Å². The van der Waals surface area contributed by atoms with Gasteiger partial charge in [-0.1, -0.05) is 48.5 Å². The number of hydrogen-bond acceptors (Lipinski definition) is 3. The van der Waals surface area contributed by atoms with Gasteiger partial charge in [-0.25, -0.2) is 4.39 Å². The van der Waals surface area contributed by atoms with Gasteiger partial charge in [0.15, 0.2) is 0 Å². The monoisotopic (exact) mass is 403 g/mol. The van der Waals surface area contributed by atoms with Crippen molar-refractivity contribution in [1.82, 2.24) is 15.2 Å². The van der Waals surface area contributed by atoms with E-state index in [2.05, 4.69) is 15.2 Å². The summed E-state index contributed by atoms with van der Waals surface area (Å²) in [4.78, 5) is 20.0. The fourth-order valence-electron chi connectivity index (χ4n) is 4.03. The smallest absolute Gasteiger partial charge is 0.233 e. The van der Waals surface area contributed by atoms with Crippen molar-refractivity contribution in [2.24, 2.45) is 0 Å². The highest BCUT2D eigenvalue weighted by Gasteiger charge is 2.29. The van der Waals surface area contributed by atoms with E-state index in [-0.39, 0.29) is 17.8 Å². The number of halogens is 1. The Kier molecular flexibility index (Phi) is 6.50. The fraction of sp³-hybridized carbons (Fsp3) is 0.280. The lowest BCUT2D eigenvalue weighted by Gasteiger charge is -2.21. The first kappa shape index (κ1) is 20.2. The molecular formula is C25H26FN3O. The maximum Gasteiger partial charge on any atom is 0.233 e. The molecular weight excluding hydrogens is 377 g/mol. The Morgan fingerprint density at radius 1 is 1.07 bits per heavy atom. The zero-order chi connectivity index (χ0) is 20.8. The molecule has 2 unspecified atom stereocenters. The summed E-state index contributed by atoms with van der Waals surface area (Å²) < 4.78 is 13.1. The molecule has 30 heavy (non-hydrogen) atoms. The largest absolute Gasteiger partial charge is 0.351 e. The van der Waals surface area contributed by atoms with Gasteiger partial charge < -0.3 is 10.2 Å². The van der Waals surface area contributed by atoms with Crippen LogP contribution in [0.5, 0.6) is 0 Å². The first-order valence-corrected chi connectivity index (χ1v) is 10.4. The minimum absolute atomic E-state index is 0.00900. The Bertz CT molecular complexity index is 908. The molecule has 1 saturated heterocycles. The summed E-state index contributed by atoms with van der Waals surface area (Å²) in [5, 5.41) is 3.24. The van der Waals surface area contributed by atoms with Gasteiger partial charge in [0.25, 0.3) is 0 Å². The van der Waals surface area contributed by atoms with Crippen LogP contribution >= 0.6 is 0 Å². The average Bonchev–Trinajstić information content (AvgIpc) is 3.22. The highest BCUT2D eigenvalue weighted by Crippen LogP contribution is 2.24. The number of likely N-dealkylation sites (tertiary alicyclic amines) is 1. The third-order valence-corrected chi connectivity index (χ3v) is 5.63. The minimum Gasteiger partial charge on any atom is -0.351 e. The van der Waals surface area contributed by atoms with Crippen LogP contribution in [0.4, 0.5) is 4.39 Å². The van der Waals surface area contributed by atoms with Crippen LogP contribution in [-0.2, 0) is 11.2 Å². The Hall–Kier alpha value is -3.05. The first-order valence-electron chi connectivity index (χ1n) is 10.4. The number of pyridine rings is 1. The molecule has 0 saturated carbocycles. The molecule has 0 aliphatic carbocycles. The van der Waals surface area contributed by atoms with Crippen LogP contribution in [0.25, 0.3) is 0 Å². The number of carbonyl (C=O) groups is 1. The third kappa shape index (κ3) is 5.10. The lowest BCUT2D eigenvalue weighted by Crippen LogP contribution is -2.40. The molecule has 2 heterocycles. The van der Waals surface area contributed by atoms with Crippen LogP contribution in [-0.4, -0.2) is 41.5 Å². The molecule has 4 rings (SSSR count).